The number of methoxy groups -OCH3 is 1. The second kappa shape index (κ2) is 12.7. The molecular formula is C26H35N3O6S. The summed E-state index contributed by atoms with van der Waals surface area (Å²) in [6.45, 7) is 3.69. The van der Waals surface area contributed by atoms with Gasteiger partial charge in [0.05, 0.1) is 18.9 Å². The van der Waals surface area contributed by atoms with Crippen molar-refractivity contribution in [1.29, 1.82) is 0 Å². The van der Waals surface area contributed by atoms with Crippen molar-refractivity contribution in [3.8, 4) is 5.75 Å². The summed E-state index contributed by atoms with van der Waals surface area (Å²) >= 11 is 0. The van der Waals surface area contributed by atoms with Crippen LogP contribution in [-0.4, -0.2) is 43.6 Å². The van der Waals surface area contributed by atoms with Crippen LogP contribution >= 0.6 is 0 Å². The third-order valence-corrected chi connectivity index (χ3v) is 8.13. The zero-order valence-electron chi connectivity index (χ0n) is 21.0. The first-order valence-electron chi connectivity index (χ1n) is 11.5. The fourth-order valence-electron chi connectivity index (χ4n) is 4.45. The van der Waals surface area contributed by atoms with E-state index in [0.29, 0.717) is 16.9 Å². The fraction of sp³-hybridized carbons (Fsp3) is 0.385. The summed E-state index contributed by atoms with van der Waals surface area (Å²) in [5, 5.41) is 9.69. The molecule has 0 saturated carbocycles. The van der Waals surface area contributed by atoms with Gasteiger partial charge in [-0.1, -0.05) is 68.5 Å². The van der Waals surface area contributed by atoms with Crippen molar-refractivity contribution in [1.82, 2.24) is 10.9 Å². The molecule has 0 spiro atoms. The van der Waals surface area contributed by atoms with E-state index in [2.05, 4.69) is 5.43 Å². The van der Waals surface area contributed by atoms with Crippen molar-refractivity contribution >= 4 is 27.7 Å². The number of amides is 2. The Morgan fingerprint density at radius 1 is 1.08 bits per heavy atom. The van der Waals surface area contributed by atoms with Crippen LogP contribution in [-0.2, 0) is 25.8 Å². The molecule has 0 bridgehead atoms. The van der Waals surface area contributed by atoms with E-state index in [4.69, 9.17) is 10.6 Å². The van der Waals surface area contributed by atoms with Crippen molar-refractivity contribution in [3.63, 3.8) is 0 Å². The van der Waals surface area contributed by atoms with Crippen LogP contribution in [0, 0.1) is 17.8 Å². The Morgan fingerprint density at radius 3 is 2.17 bits per heavy atom. The normalized spacial score (nSPS) is 15.2. The molecule has 196 valence electrons. The minimum absolute atomic E-state index is 0.0855. The Bertz CT molecular complexity index is 1150. The average Bonchev–Trinajstić information content (AvgIpc) is 2.86. The maximum Gasteiger partial charge on any atom is 0.249 e. The van der Waals surface area contributed by atoms with Gasteiger partial charge in [0.2, 0.25) is 11.8 Å². The summed E-state index contributed by atoms with van der Waals surface area (Å²) < 4.78 is 30.6. The third-order valence-electron chi connectivity index (χ3n) is 6.21. The smallest absolute Gasteiger partial charge is 0.249 e. The van der Waals surface area contributed by atoms with E-state index < -0.39 is 38.2 Å². The highest BCUT2D eigenvalue weighted by atomic mass is 32.2. The van der Waals surface area contributed by atoms with Crippen LogP contribution in [0.5, 0.6) is 5.75 Å². The van der Waals surface area contributed by atoms with Gasteiger partial charge in [-0.3, -0.25) is 20.2 Å². The molecule has 9 nitrogen and oxygen atoms in total. The van der Waals surface area contributed by atoms with Gasteiger partial charge in [-0.05, 0) is 42.0 Å². The SMILES string of the molecule is COc1ccc(CC(/C=C/c2ccccc2)([C@H](C(=O)NO)[C@@H](CC(C)C)C(=O)NN)S(C)(=O)=O)cc1. The molecular weight excluding hydrogens is 482 g/mol. The lowest BCUT2D eigenvalue weighted by Gasteiger charge is -2.40. The molecule has 0 fully saturated rings. The number of hydrogen-bond acceptors (Lipinski definition) is 7. The quantitative estimate of drug-likeness (QED) is 0.146. The van der Waals surface area contributed by atoms with Crippen LogP contribution in [0.4, 0.5) is 0 Å². The summed E-state index contributed by atoms with van der Waals surface area (Å²) in [5.41, 5.74) is 4.96. The third kappa shape index (κ3) is 6.93. The summed E-state index contributed by atoms with van der Waals surface area (Å²) in [5.74, 6) is 1.58. The molecule has 0 radical (unpaired) electrons. The summed E-state index contributed by atoms with van der Waals surface area (Å²) in [6.07, 6.45) is 4.08. The molecule has 0 aliphatic rings. The molecule has 36 heavy (non-hydrogen) atoms. The Kier molecular flexibility index (Phi) is 10.2. The summed E-state index contributed by atoms with van der Waals surface area (Å²) in [6, 6.07) is 15.8. The number of nitrogens with two attached hydrogens (primary N) is 1. The predicted octanol–water partition coefficient (Wildman–Crippen LogP) is 2.51. The van der Waals surface area contributed by atoms with Crippen LogP contribution in [0.1, 0.15) is 31.4 Å². The Morgan fingerprint density at radius 2 is 1.69 bits per heavy atom. The zero-order chi connectivity index (χ0) is 26.9. The number of hydroxylamine groups is 1. The summed E-state index contributed by atoms with van der Waals surface area (Å²) in [7, 11) is -2.58. The van der Waals surface area contributed by atoms with Gasteiger partial charge in [-0.2, -0.15) is 0 Å². The number of carbonyl (C=O) groups excluding carboxylic acids is 2. The number of sulfone groups is 1. The maximum absolute atomic E-state index is 13.7. The minimum atomic E-state index is -4.10. The number of rotatable bonds is 12. The lowest BCUT2D eigenvalue weighted by atomic mass is 9.73. The van der Waals surface area contributed by atoms with E-state index in [0.717, 1.165) is 6.26 Å². The van der Waals surface area contributed by atoms with E-state index in [9.17, 15) is 23.2 Å². The molecule has 1 unspecified atom stereocenters. The lowest BCUT2D eigenvalue weighted by Crippen LogP contribution is -2.57. The second-order valence-electron chi connectivity index (χ2n) is 9.19. The number of nitrogens with one attached hydrogen (secondary N) is 2. The largest absolute Gasteiger partial charge is 0.497 e. The van der Waals surface area contributed by atoms with Crippen molar-refractivity contribution in [3.05, 3.63) is 71.8 Å². The van der Waals surface area contributed by atoms with E-state index in [1.54, 1.807) is 60.1 Å². The molecule has 0 aromatic heterocycles. The lowest BCUT2D eigenvalue weighted by molar-refractivity contribution is -0.141. The van der Waals surface area contributed by atoms with Gasteiger partial charge in [0.25, 0.3) is 0 Å². The second-order valence-corrected chi connectivity index (χ2v) is 11.5. The highest BCUT2D eigenvalue weighted by Crippen LogP contribution is 2.40. The highest BCUT2D eigenvalue weighted by Gasteiger charge is 2.54. The number of hydrogen-bond donors (Lipinski definition) is 4. The Balaban J connectivity index is 2.87. The zero-order valence-corrected chi connectivity index (χ0v) is 21.8. The van der Waals surface area contributed by atoms with E-state index >= 15 is 0 Å². The summed E-state index contributed by atoms with van der Waals surface area (Å²) in [4.78, 5) is 26.2. The molecule has 3 atom stereocenters. The standard InChI is InChI=1S/C26H35N3O6S/c1-18(2)16-22(24(30)28-27)23(25(31)29-32)26(36(4,33)34,15-14-19-8-6-5-7-9-19)17-20-10-12-21(35-3)13-11-20/h5-15,18,22-23,32H,16-17,27H2,1-4H3,(H,28,30)(H,29,31)/b15-14+/t22-,23+,26?/m1/s1. The number of ether oxygens (including phenoxy) is 1. The van der Waals surface area contributed by atoms with Gasteiger partial charge in [0, 0.05) is 6.26 Å². The molecule has 5 N–H and O–H groups in total. The van der Waals surface area contributed by atoms with E-state index in [1.807, 2.05) is 19.9 Å². The van der Waals surface area contributed by atoms with Crippen LogP contribution in [0.3, 0.4) is 0 Å². The first-order chi connectivity index (χ1) is 17.0. The molecule has 10 heteroatoms. The molecule has 0 aliphatic carbocycles. The van der Waals surface area contributed by atoms with Gasteiger partial charge in [-0.15, -0.1) is 0 Å². The van der Waals surface area contributed by atoms with Crippen LogP contribution in [0.15, 0.2) is 60.7 Å². The first kappa shape index (κ1) is 29.0. The van der Waals surface area contributed by atoms with Crippen LogP contribution in [0.25, 0.3) is 6.08 Å². The van der Waals surface area contributed by atoms with Gasteiger partial charge in [-0.25, -0.2) is 19.7 Å². The molecule has 2 aromatic rings. The van der Waals surface area contributed by atoms with Crippen LogP contribution in [0.2, 0.25) is 0 Å². The Labute approximate surface area is 212 Å². The minimum Gasteiger partial charge on any atom is -0.497 e. The Hall–Kier alpha value is -3.21. The van der Waals surface area contributed by atoms with Gasteiger partial charge >= 0.3 is 0 Å². The number of hydrazine groups is 1. The van der Waals surface area contributed by atoms with Crippen molar-refractivity contribution < 1.29 is 28.0 Å². The first-order valence-corrected chi connectivity index (χ1v) is 13.4. The van der Waals surface area contributed by atoms with Gasteiger partial charge in [0.15, 0.2) is 9.84 Å². The van der Waals surface area contributed by atoms with Gasteiger partial charge < -0.3 is 4.74 Å². The molecule has 2 amide bonds. The number of benzene rings is 2. The predicted molar refractivity (Wildman–Crippen MR) is 138 cm³/mol. The molecule has 0 saturated heterocycles. The van der Waals surface area contributed by atoms with E-state index in [-0.39, 0.29) is 18.8 Å². The molecule has 0 heterocycles. The number of carbonyl (C=O) groups is 2. The van der Waals surface area contributed by atoms with Crippen molar-refractivity contribution in [2.75, 3.05) is 13.4 Å². The van der Waals surface area contributed by atoms with E-state index in [1.165, 1.54) is 13.2 Å². The maximum atomic E-state index is 13.7. The van der Waals surface area contributed by atoms with Crippen LogP contribution < -0.4 is 21.5 Å². The monoisotopic (exact) mass is 517 g/mol. The van der Waals surface area contributed by atoms with Gasteiger partial charge in [0.1, 0.15) is 10.5 Å². The topological polar surface area (TPSA) is 148 Å². The average molecular weight is 518 g/mol. The van der Waals surface area contributed by atoms with Crippen molar-refractivity contribution in [2.45, 2.75) is 31.4 Å². The molecule has 2 aromatic carbocycles. The highest BCUT2D eigenvalue weighted by molar-refractivity contribution is 7.92. The van der Waals surface area contributed by atoms with Crippen molar-refractivity contribution in [2.24, 2.45) is 23.6 Å². The molecule has 0 aliphatic heterocycles. The fourth-order valence-corrected chi connectivity index (χ4v) is 5.92. The molecule has 2 rings (SSSR count).